The summed E-state index contributed by atoms with van der Waals surface area (Å²) in [5.74, 6) is 0.337. The van der Waals surface area contributed by atoms with Crippen molar-refractivity contribution in [2.24, 2.45) is 11.7 Å². The number of nitrogens with two attached hydrogens (primary N) is 1. The van der Waals surface area contributed by atoms with Gasteiger partial charge in [-0.15, -0.1) is 0 Å². The van der Waals surface area contributed by atoms with Gasteiger partial charge < -0.3 is 15.4 Å². The van der Waals surface area contributed by atoms with E-state index in [1.165, 1.54) is 0 Å². The number of imidazole rings is 1. The second-order valence-electron chi connectivity index (χ2n) is 4.39. The molecule has 0 spiro atoms. The van der Waals surface area contributed by atoms with E-state index >= 15 is 0 Å². The van der Waals surface area contributed by atoms with Gasteiger partial charge in [0.05, 0.1) is 24.7 Å². The highest BCUT2D eigenvalue weighted by Gasteiger charge is 2.23. The highest BCUT2D eigenvalue weighted by atomic mass is 16.3. The molecule has 0 fully saturated rings. The fourth-order valence-corrected chi connectivity index (χ4v) is 1.69. The molecule has 1 aromatic heterocycles. The molecule has 0 aromatic carbocycles. The molecule has 2 atom stereocenters. The Morgan fingerprint density at radius 3 is 2.40 bits per heavy atom. The second kappa shape index (κ2) is 4.77. The van der Waals surface area contributed by atoms with Crippen molar-refractivity contribution in [3.05, 3.63) is 17.7 Å². The Morgan fingerprint density at radius 2 is 2.07 bits per heavy atom. The van der Waals surface area contributed by atoms with Crippen molar-refractivity contribution in [3.8, 4) is 0 Å². The van der Waals surface area contributed by atoms with Crippen molar-refractivity contribution in [2.45, 2.75) is 39.8 Å². The van der Waals surface area contributed by atoms with Crippen LogP contribution in [0.5, 0.6) is 0 Å². The van der Waals surface area contributed by atoms with Gasteiger partial charge in [0.2, 0.25) is 0 Å². The molecule has 2 unspecified atom stereocenters. The molecular weight excluding hydrogens is 190 g/mol. The topological polar surface area (TPSA) is 64.1 Å². The zero-order chi connectivity index (χ0) is 11.6. The van der Waals surface area contributed by atoms with Crippen LogP contribution in [-0.2, 0) is 0 Å². The quantitative estimate of drug-likeness (QED) is 0.781. The third-order valence-corrected chi connectivity index (χ3v) is 3.05. The summed E-state index contributed by atoms with van der Waals surface area (Å²) in [6.07, 6.45) is 1.76. The van der Waals surface area contributed by atoms with Crippen LogP contribution in [-0.4, -0.2) is 27.3 Å². The van der Waals surface area contributed by atoms with Gasteiger partial charge in [-0.25, -0.2) is 4.98 Å². The minimum absolute atomic E-state index is 0.0516. The van der Waals surface area contributed by atoms with E-state index in [-0.39, 0.29) is 18.7 Å². The van der Waals surface area contributed by atoms with E-state index in [2.05, 4.69) is 18.8 Å². The lowest BCUT2D eigenvalue weighted by molar-refractivity contribution is 0.187. The van der Waals surface area contributed by atoms with E-state index in [1.54, 1.807) is 6.33 Å². The number of rotatable bonds is 4. The lowest BCUT2D eigenvalue weighted by Crippen LogP contribution is -2.38. The van der Waals surface area contributed by atoms with Gasteiger partial charge >= 0.3 is 0 Å². The van der Waals surface area contributed by atoms with Crippen molar-refractivity contribution < 1.29 is 5.11 Å². The van der Waals surface area contributed by atoms with E-state index in [0.29, 0.717) is 5.92 Å². The maximum Gasteiger partial charge on any atom is 0.0955 e. The van der Waals surface area contributed by atoms with Crippen LogP contribution in [0.15, 0.2) is 6.33 Å². The van der Waals surface area contributed by atoms with E-state index in [0.717, 1.165) is 11.4 Å². The van der Waals surface area contributed by atoms with Crippen LogP contribution in [0.1, 0.15) is 31.3 Å². The molecule has 4 nitrogen and oxygen atoms in total. The van der Waals surface area contributed by atoms with Crippen LogP contribution in [0.25, 0.3) is 0 Å². The SMILES string of the molecule is Cc1ncn(C(CO)C(N)C(C)C)c1C. The highest BCUT2D eigenvalue weighted by molar-refractivity contribution is 5.10. The Bertz CT molecular complexity index is 320. The lowest BCUT2D eigenvalue weighted by Gasteiger charge is -2.27. The third-order valence-electron chi connectivity index (χ3n) is 3.05. The first-order valence-electron chi connectivity index (χ1n) is 5.35. The summed E-state index contributed by atoms with van der Waals surface area (Å²) in [7, 11) is 0. The van der Waals surface area contributed by atoms with Gasteiger partial charge in [-0.1, -0.05) is 13.8 Å². The summed E-state index contributed by atoms with van der Waals surface area (Å²) in [5, 5.41) is 9.40. The van der Waals surface area contributed by atoms with Crippen LogP contribution in [0.3, 0.4) is 0 Å². The number of nitrogens with zero attached hydrogens (tertiary/aromatic N) is 2. The largest absolute Gasteiger partial charge is 0.394 e. The first kappa shape index (κ1) is 12.2. The Labute approximate surface area is 91.1 Å². The average Bonchev–Trinajstić information content (AvgIpc) is 2.50. The summed E-state index contributed by atoms with van der Waals surface area (Å²) in [4.78, 5) is 4.22. The zero-order valence-electron chi connectivity index (χ0n) is 9.94. The van der Waals surface area contributed by atoms with Crippen LogP contribution in [0.2, 0.25) is 0 Å². The van der Waals surface area contributed by atoms with E-state index in [1.807, 2.05) is 18.4 Å². The zero-order valence-corrected chi connectivity index (χ0v) is 9.94. The molecule has 0 saturated carbocycles. The maximum absolute atomic E-state index is 9.40. The Balaban J connectivity index is 2.97. The minimum Gasteiger partial charge on any atom is -0.394 e. The molecule has 0 saturated heterocycles. The summed E-state index contributed by atoms with van der Waals surface area (Å²) in [6.45, 7) is 8.13. The average molecular weight is 211 g/mol. The molecule has 0 aliphatic heterocycles. The maximum atomic E-state index is 9.40. The molecule has 15 heavy (non-hydrogen) atoms. The van der Waals surface area contributed by atoms with Crippen LogP contribution < -0.4 is 5.73 Å². The first-order valence-corrected chi connectivity index (χ1v) is 5.35. The molecule has 0 amide bonds. The minimum atomic E-state index is -0.0776. The standard InChI is InChI=1S/C11H21N3O/c1-7(2)11(12)10(5-15)14-6-13-8(3)9(14)4/h6-7,10-11,15H,5,12H2,1-4H3. The molecule has 4 heteroatoms. The first-order chi connectivity index (χ1) is 6.99. The fourth-order valence-electron chi connectivity index (χ4n) is 1.69. The number of aryl methyl sites for hydroxylation is 1. The van der Waals surface area contributed by atoms with Crippen LogP contribution >= 0.6 is 0 Å². The fraction of sp³-hybridized carbons (Fsp3) is 0.727. The van der Waals surface area contributed by atoms with Gasteiger partial charge in [-0.05, 0) is 19.8 Å². The highest BCUT2D eigenvalue weighted by Crippen LogP contribution is 2.19. The summed E-state index contributed by atoms with van der Waals surface area (Å²) in [5.41, 5.74) is 8.14. The molecule has 0 aliphatic carbocycles. The molecule has 0 aliphatic rings. The Hall–Kier alpha value is -0.870. The summed E-state index contributed by atoms with van der Waals surface area (Å²) < 4.78 is 1.97. The number of hydrogen-bond acceptors (Lipinski definition) is 3. The van der Waals surface area contributed by atoms with Crippen molar-refractivity contribution in [3.63, 3.8) is 0 Å². The van der Waals surface area contributed by atoms with E-state index in [4.69, 9.17) is 5.73 Å². The monoisotopic (exact) mass is 211 g/mol. The second-order valence-corrected chi connectivity index (χ2v) is 4.39. The summed E-state index contributed by atoms with van der Waals surface area (Å²) >= 11 is 0. The normalized spacial score (nSPS) is 15.7. The van der Waals surface area contributed by atoms with Gasteiger partial charge in [0.15, 0.2) is 0 Å². The van der Waals surface area contributed by atoms with Gasteiger partial charge in [-0.3, -0.25) is 0 Å². The Morgan fingerprint density at radius 1 is 1.47 bits per heavy atom. The molecule has 86 valence electrons. The predicted molar refractivity (Wildman–Crippen MR) is 60.6 cm³/mol. The number of aromatic nitrogens is 2. The predicted octanol–water partition coefficient (Wildman–Crippen LogP) is 1.02. The molecule has 1 aromatic rings. The van der Waals surface area contributed by atoms with Gasteiger partial charge in [0, 0.05) is 11.7 Å². The number of aliphatic hydroxyl groups excluding tert-OH is 1. The van der Waals surface area contributed by atoms with Gasteiger partial charge in [0.25, 0.3) is 0 Å². The summed E-state index contributed by atoms with van der Waals surface area (Å²) in [6, 6.07) is -0.131. The van der Waals surface area contributed by atoms with Crippen molar-refractivity contribution in [1.29, 1.82) is 0 Å². The molecule has 3 N–H and O–H groups in total. The Kier molecular flexibility index (Phi) is 3.88. The van der Waals surface area contributed by atoms with Gasteiger partial charge in [0.1, 0.15) is 0 Å². The number of aliphatic hydroxyl groups is 1. The van der Waals surface area contributed by atoms with Crippen LogP contribution in [0.4, 0.5) is 0 Å². The molecule has 1 heterocycles. The molecule has 1 rings (SSSR count). The van der Waals surface area contributed by atoms with E-state index in [9.17, 15) is 5.11 Å². The van der Waals surface area contributed by atoms with Crippen molar-refractivity contribution in [1.82, 2.24) is 9.55 Å². The third kappa shape index (κ3) is 2.38. The number of hydrogen-bond donors (Lipinski definition) is 2. The van der Waals surface area contributed by atoms with Crippen molar-refractivity contribution in [2.75, 3.05) is 6.61 Å². The van der Waals surface area contributed by atoms with Crippen LogP contribution in [0, 0.1) is 19.8 Å². The smallest absolute Gasteiger partial charge is 0.0955 e. The van der Waals surface area contributed by atoms with Crippen molar-refractivity contribution >= 4 is 0 Å². The molecule has 0 radical (unpaired) electrons. The van der Waals surface area contributed by atoms with Gasteiger partial charge in [-0.2, -0.15) is 0 Å². The van der Waals surface area contributed by atoms with E-state index < -0.39 is 0 Å². The molecular formula is C11H21N3O. The molecule has 0 bridgehead atoms. The lowest BCUT2D eigenvalue weighted by atomic mass is 9.97.